The Kier molecular flexibility index (Phi) is 5.69. The van der Waals surface area contributed by atoms with Crippen molar-refractivity contribution in [1.29, 1.82) is 0 Å². The van der Waals surface area contributed by atoms with Gasteiger partial charge in [-0.1, -0.05) is 6.92 Å². The molecular weight excluding hydrogens is 248 g/mol. The molecule has 1 rings (SSSR count). The van der Waals surface area contributed by atoms with E-state index >= 15 is 0 Å². The fraction of sp³-hybridized carbons (Fsp3) is 0.385. The van der Waals surface area contributed by atoms with Gasteiger partial charge >= 0.3 is 0 Å². The van der Waals surface area contributed by atoms with Crippen molar-refractivity contribution in [2.75, 3.05) is 18.4 Å². The van der Waals surface area contributed by atoms with Crippen molar-refractivity contribution in [2.45, 2.75) is 24.7 Å². The molecule has 0 saturated carbocycles. The molecule has 0 aromatic heterocycles. The maximum Gasteiger partial charge on any atom is 0.240 e. The zero-order chi connectivity index (χ0) is 13.4. The van der Waals surface area contributed by atoms with Gasteiger partial charge in [-0.15, -0.1) is 12.3 Å². The summed E-state index contributed by atoms with van der Waals surface area (Å²) in [6, 6.07) is 6.63. The van der Waals surface area contributed by atoms with Crippen LogP contribution < -0.4 is 10.0 Å². The molecule has 1 aromatic carbocycles. The molecule has 0 aliphatic heterocycles. The van der Waals surface area contributed by atoms with Crippen LogP contribution in [0.3, 0.4) is 0 Å². The van der Waals surface area contributed by atoms with Crippen molar-refractivity contribution >= 4 is 15.7 Å². The SMILES string of the molecule is C#CCCNc1ccc(S(=O)(=O)NCCC)cc1. The fourth-order valence-electron chi connectivity index (χ4n) is 1.35. The molecule has 0 radical (unpaired) electrons. The number of terminal acetylenes is 1. The van der Waals surface area contributed by atoms with Crippen molar-refractivity contribution < 1.29 is 8.42 Å². The molecule has 0 atom stereocenters. The second-order valence-electron chi connectivity index (χ2n) is 3.80. The van der Waals surface area contributed by atoms with Gasteiger partial charge in [0.2, 0.25) is 10.0 Å². The number of hydrogen-bond acceptors (Lipinski definition) is 3. The van der Waals surface area contributed by atoms with Crippen molar-refractivity contribution in [3.8, 4) is 12.3 Å². The highest BCUT2D eigenvalue weighted by Crippen LogP contribution is 2.13. The zero-order valence-corrected chi connectivity index (χ0v) is 11.3. The summed E-state index contributed by atoms with van der Waals surface area (Å²) in [5.41, 5.74) is 0.861. The first-order chi connectivity index (χ1) is 8.60. The Morgan fingerprint density at radius 1 is 1.22 bits per heavy atom. The fourth-order valence-corrected chi connectivity index (χ4v) is 2.48. The third-order valence-corrected chi connectivity index (χ3v) is 3.78. The number of rotatable bonds is 7. The summed E-state index contributed by atoms with van der Waals surface area (Å²) in [6.07, 6.45) is 6.55. The number of hydrogen-bond donors (Lipinski definition) is 2. The van der Waals surface area contributed by atoms with E-state index in [1.165, 1.54) is 0 Å². The lowest BCUT2D eigenvalue weighted by molar-refractivity contribution is 0.581. The van der Waals surface area contributed by atoms with Crippen LogP contribution in [0, 0.1) is 12.3 Å². The molecule has 5 heteroatoms. The summed E-state index contributed by atoms with van der Waals surface area (Å²) in [5.74, 6) is 2.53. The molecule has 0 fully saturated rings. The number of nitrogens with one attached hydrogen (secondary N) is 2. The summed E-state index contributed by atoms with van der Waals surface area (Å²) >= 11 is 0. The van der Waals surface area contributed by atoms with E-state index in [-0.39, 0.29) is 4.90 Å². The Labute approximate surface area is 109 Å². The lowest BCUT2D eigenvalue weighted by Gasteiger charge is -2.07. The highest BCUT2D eigenvalue weighted by atomic mass is 32.2. The average Bonchev–Trinajstić information content (AvgIpc) is 2.37. The van der Waals surface area contributed by atoms with E-state index in [1.807, 2.05) is 6.92 Å². The molecule has 0 heterocycles. The molecular formula is C13H18N2O2S. The average molecular weight is 266 g/mol. The molecule has 0 saturated heterocycles. The van der Waals surface area contributed by atoms with Gasteiger partial charge in [0.15, 0.2) is 0 Å². The number of sulfonamides is 1. The molecule has 98 valence electrons. The van der Waals surface area contributed by atoms with E-state index in [4.69, 9.17) is 6.42 Å². The normalized spacial score (nSPS) is 10.9. The highest BCUT2D eigenvalue weighted by Gasteiger charge is 2.12. The van der Waals surface area contributed by atoms with Crippen molar-refractivity contribution in [2.24, 2.45) is 0 Å². The Morgan fingerprint density at radius 2 is 1.89 bits per heavy atom. The van der Waals surface area contributed by atoms with Crippen molar-refractivity contribution in [3.63, 3.8) is 0 Å². The lowest BCUT2D eigenvalue weighted by atomic mass is 10.3. The molecule has 0 spiro atoms. The van der Waals surface area contributed by atoms with Crippen LogP contribution in [0.5, 0.6) is 0 Å². The standard InChI is InChI=1S/C13H18N2O2S/c1-3-5-11-14-12-6-8-13(9-7-12)18(16,17)15-10-4-2/h1,6-9,14-15H,4-5,10-11H2,2H3. The number of anilines is 1. The van der Waals surface area contributed by atoms with Crippen LogP contribution in [-0.4, -0.2) is 21.5 Å². The van der Waals surface area contributed by atoms with Crippen LogP contribution in [0.15, 0.2) is 29.2 Å². The van der Waals surface area contributed by atoms with E-state index in [0.717, 1.165) is 12.1 Å². The largest absolute Gasteiger partial charge is 0.384 e. The molecule has 1 aromatic rings. The van der Waals surface area contributed by atoms with E-state index in [9.17, 15) is 8.42 Å². The lowest BCUT2D eigenvalue weighted by Crippen LogP contribution is -2.24. The summed E-state index contributed by atoms with van der Waals surface area (Å²) in [5, 5.41) is 3.11. The molecule has 0 aliphatic rings. The number of benzene rings is 1. The van der Waals surface area contributed by atoms with E-state index in [0.29, 0.717) is 19.5 Å². The smallest absolute Gasteiger partial charge is 0.240 e. The molecule has 0 unspecified atom stereocenters. The summed E-state index contributed by atoms with van der Waals surface area (Å²) in [7, 11) is -3.37. The Balaban J connectivity index is 2.68. The van der Waals surface area contributed by atoms with Gasteiger partial charge in [0.1, 0.15) is 0 Å². The molecule has 0 bridgehead atoms. The van der Waals surface area contributed by atoms with E-state index < -0.39 is 10.0 Å². The molecule has 2 N–H and O–H groups in total. The minimum atomic E-state index is -3.37. The van der Waals surface area contributed by atoms with Crippen LogP contribution in [0.2, 0.25) is 0 Å². The quantitative estimate of drug-likeness (QED) is 0.584. The minimum absolute atomic E-state index is 0.276. The first kappa shape index (κ1) is 14.6. The maximum absolute atomic E-state index is 11.8. The van der Waals surface area contributed by atoms with Gasteiger partial charge in [0, 0.05) is 25.2 Å². The summed E-state index contributed by atoms with van der Waals surface area (Å²) in [6.45, 7) is 3.04. The Morgan fingerprint density at radius 3 is 2.44 bits per heavy atom. The topological polar surface area (TPSA) is 58.2 Å². The summed E-state index contributed by atoms with van der Waals surface area (Å²) < 4.78 is 26.1. The van der Waals surface area contributed by atoms with Gasteiger partial charge in [0.25, 0.3) is 0 Å². The van der Waals surface area contributed by atoms with Crippen LogP contribution in [-0.2, 0) is 10.0 Å². The van der Waals surface area contributed by atoms with E-state index in [2.05, 4.69) is 16.0 Å². The van der Waals surface area contributed by atoms with Gasteiger partial charge in [-0.3, -0.25) is 0 Å². The van der Waals surface area contributed by atoms with Gasteiger partial charge in [-0.2, -0.15) is 0 Å². The van der Waals surface area contributed by atoms with E-state index in [1.54, 1.807) is 24.3 Å². The Bertz CT molecular complexity index is 501. The molecule has 0 amide bonds. The van der Waals surface area contributed by atoms with Crippen LogP contribution in [0.1, 0.15) is 19.8 Å². The van der Waals surface area contributed by atoms with Crippen LogP contribution in [0.4, 0.5) is 5.69 Å². The van der Waals surface area contributed by atoms with Crippen LogP contribution >= 0.6 is 0 Å². The monoisotopic (exact) mass is 266 g/mol. The van der Waals surface area contributed by atoms with Gasteiger partial charge in [-0.25, -0.2) is 13.1 Å². The predicted octanol–water partition coefficient (Wildman–Crippen LogP) is 1.81. The van der Waals surface area contributed by atoms with Gasteiger partial charge in [0.05, 0.1) is 4.90 Å². The third-order valence-electron chi connectivity index (χ3n) is 2.31. The highest BCUT2D eigenvalue weighted by molar-refractivity contribution is 7.89. The summed E-state index contributed by atoms with van der Waals surface area (Å²) in [4.78, 5) is 0.276. The second-order valence-corrected chi connectivity index (χ2v) is 5.57. The molecule has 18 heavy (non-hydrogen) atoms. The van der Waals surface area contributed by atoms with Crippen LogP contribution in [0.25, 0.3) is 0 Å². The first-order valence-electron chi connectivity index (χ1n) is 5.87. The van der Waals surface area contributed by atoms with Gasteiger partial charge < -0.3 is 5.32 Å². The van der Waals surface area contributed by atoms with Gasteiger partial charge in [-0.05, 0) is 30.7 Å². The maximum atomic E-state index is 11.8. The van der Waals surface area contributed by atoms with Crippen molar-refractivity contribution in [1.82, 2.24) is 4.72 Å². The minimum Gasteiger partial charge on any atom is -0.384 e. The molecule has 4 nitrogen and oxygen atoms in total. The second kappa shape index (κ2) is 7.04. The predicted molar refractivity (Wildman–Crippen MR) is 73.9 cm³/mol. The zero-order valence-electron chi connectivity index (χ0n) is 10.4. The molecule has 0 aliphatic carbocycles. The van der Waals surface area contributed by atoms with Crippen molar-refractivity contribution in [3.05, 3.63) is 24.3 Å². The third kappa shape index (κ3) is 4.40. The Hall–Kier alpha value is -1.51. The first-order valence-corrected chi connectivity index (χ1v) is 7.35.